The van der Waals surface area contributed by atoms with Gasteiger partial charge in [-0.2, -0.15) is 5.26 Å². The summed E-state index contributed by atoms with van der Waals surface area (Å²) in [7, 11) is 0. The number of nitrogens with one attached hydrogen (secondary N) is 1. The van der Waals surface area contributed by atoms with E-state index in [1.807, 2.05) is 6.07 Å². The van der Waals surface area contributed by atoms with Gasteiger partial charge in [0.1, 0.15) is 11.9 Å². The largest absolute Gasteiger partial charge is 0.314 e. The molecule has 2 rings (SSSR count). The molecule has 0 radical (unpaired) electrons. The molecule has 4 heteroatoms. The molecular formula is C17H24FN3. The SMILES string of the molecule is CC(C)NCC1CCN(Cc2ccc(F)c(C#N)c2)CC1. The second-order valence-corrected chi connectivity index (χ2v) is 6.21. The number of nitriles is 1. The molecule has 0 bridgehead atoms. The standard InChI is InChI=1S/C17H24FN3/c1-13(2)20-11-14-5-7-21(8-6-14)12-15-3-4-17(18)16(9-15)10-19/h3-4,9,13-14,20H,5-8,11-12H2,1-2H3. The van der Waals surface area contributed by atoms with Crippen molar-refractivity contribution in [2.45, 2.75) is 39.3 Å². The van der Waals surface area contributed by atoms with E-state index in [1.54, 1.807) is 12.1 Å². The minimum Gasteiger partial charge on any atom is -0.314 e. The predicted octanol–water partition coefficient (Wildman–Crippen LogP) is 2.91. The summed E-state index contributed by atoms with van der Waals surface area (Å²) in [5.74, 6) is 0.325. The van der Waals surface area contributed by atoms with Crippen molar-refractivity contribution in [2.75, 3.05) is 19.6 Å². The van der Waals surface area contributed by atoms with Crippen LogP contribution in [0.4, 0.5) is 4.39 Å². The molecule has 1 heterocycles. The molecule has 1 fully saturated rings. The van der Waals surface area contributed by atoms with Gasteiger partial charge in [0.15, 0.2) is 0 Å². The van der Waals surface area contributed by atoms with Crippen LogP contribution in [0.25, 0.3) is 0 Å². The van der Waals surface area contributed by atoms with Crippen LogP contribution >= 0.6 is 0 Å². The highest BCUT2D eigenvalue weighted by Gasteiger charge is 2.19. The number of rotatable bonds is 5. The van der Waals surface area contributed by atoms with Gasteiger partial charge in [-0.15, -0.1) is 0 Å². The Kier molecular flexibility index (Phi) is 5.72. The molecule has 0 saturated carbocycles. The van der Waals surface area contributed by atoms with E-state index in [2.05, 4.69) is 24.1 Å². The first-order valence-corrected chi connectivity index (χ1v) is 7.72. The Balaban J connectivity index is 1.82. The third-order valence-corrected chi connectivity index (χ3v) is 4.08. The summed E-state index contributed by atoms with van der Waals surface area (Å²) in [4.78, 5) is 2.39. The number of halogens is 1. The smallest absolute Gasteiger partial charge is 0.140 e. The third-order valence-electron chi connectivity index (χ3n) is 4.08. The quantitative estimate of drug-likeness (QED) is 0.906. The minimum absolute atomic E-state index is 0.142. The number of nitrogens with zero attached hydrogens (tertiary/aromatic N) is 2. The van der Waals surface area contributed by atoms with E-state index in [0.29, 0.717) is 6.04 Å². The highest BCUT2D eigenvalue weighted by Crippen LogP contribution is 2.19. The Morgan fingerprint density at radius 1 is 1.38 bits per heavy atom. The molecule has 0 aliphatic carbocycles. The van der Waals surface area contributed by atoms with Crippen LogP contribution < -0.4 is 5.32 Å². The zero-order valence-corrected chi connectivity index (χ0v) is 12.9. The van der Waals surface area contributed by atoms with E-state index in [0.717, 1.165) is 37.7 Å². The van der Waals surface area contributed by atoms with Gasteiger partial charge in [-0.05, 0) is 56.1 Å². The lowest BCUT2D eigenvalue weighted by Gasteiger charge is -2.32. The number of hydrogen-bond donors (Lipinski definition) is 1. The first-order valence-electron chi connectivity index (χ1n) is 7.72. The summed E-state index contributed by atoms with van der Waals surface area (Å²) in [6, 6.07) is 7.30. The van der Waals surface area contributed by atoms with Gasteiger partial charge in [0, 0.05) is 12.6 Å². The molecule has 1 saturated heterocycles. The van der Waals surface area contributed by atoms with Gasteiger partial charge >= 0.3 is 0 Å². The first-order chi connectivity index (χ1) is 10.1. The van der Waals surface area contributed by atoms with E-state index in [4.69, 9.17) is 5.26 Å². The van der Waals surface area contributed by atoms with E-state index in [9.17, 15) is 4.39 Å². The molecular weight excluding hydrogens is 265 g/mol. The second-order valence-electron chi connectivity index (χ2n) is 6.21. The van der Waals surface area contributed by atoms with Crippen LogP contribution in [0.15, 0.2) is 18.2 Å². The maximum atomic E-state index is 13.3. The highest BCUT2D eigenvalue weighted by atomic mass is 19.1. The lowest BCUT2D eigenvalue weighted by Crippen LogP contribution is -2.38. The Morgan fingerprint density at radius 3 is 2.71 bits per heavy atom. The Morgan fingerprint density at radius 2 is 2.10 bits per heavy atom. The summed E-state index contributed by atoms with van der Waals surface area (Å²) in [5.41, 5.74) is 1.16. The average Bonchev–Trinajstić information content (AvgIpc) is 2.48. The zero-order valence-electron chi connectivity index (χ0n) is 12.9. The van der Waals surface area contributed by atoms with Gasteiger partial charge in [0.05, 0.1) is 5.56 Å². The Labute approximate surface area is 126 Å². The van der Waals surface area contributed by atoms with Crippen molar-refractivity contribution in [1.29, 1.82) is 5.26 Å². The Bertz CT molecular complexity index is 499. The van der Waals surface area contributed by atoms with Crippen molar-refractivity contribution >= 4 is 0 Å². The molecule has 1 N–H and O–H groups in total. The third kappa shape index (κ3) is 4.80. The van der Waals surface area contributed by atoms with Crippen LogP contribution in [0.5, 0.6) is 0 Å². The van der Waals surface area contributed by atoms with Crippen LogP contribution in [-0.4, -0.2) is 30.6 Å². The Hall–Kier alpha value is -1.44. The molecule has 0 spiro atoms. The van der Waals surface area contributed by atoms with Crippen LogP contribution in [-0.2, 0) is 6.54 Å². The molecule has 1 aliphatic heterocycles. The fourth-order valence-corrected chi connectivity index (χ4v) is 2.77. The van der Waals surface area contributed by atoms with Crippen molar-refractivity contribution in [2.24, 2.45) is 5.92 Å². The summed E-state index contributed by atoms with van der Waals surface area (Å²) in [6.45, 7) is 8.40. The molecule has 3 nitrogen and oxygen atoms in total. The topological polar surface area (TPSA) is 39.1 Å². The minimum atomic E-state index is -0.431. The number of likely N-dealkylation sites (tertiary alicyclic amines) is 1. The van der Waals surface area contributed by atoms with E-state index < -0.39 is 5.82 Å². The second kappa shape index (κ2) is 7.53. The predicted molar refractivity (Wildman–Crippen MR) is 82.3 cm³/mol. The molecule has 0 atom stereocenters. The van der Waals surface area contributed by atoms with Crippen molar-refractivity contribution in [3.05, 3.63) is 35.1 Å². The van der Waals surface area contributed by atoms with Gasteiger partial charge in [-0.1, -0.05) is 19.9 Å². The molecule has 114 valence electrons. The monoisotopic (exact) mass is 289 g/mol. The highest BCUT2D eigenvalue weighted by molar-refractivity contribution is 5.34. The van der Waals surface area contributed by atoms with Crippen molar-refractivity contribution < 1.29 is 4.39 Å². The summed E-state index contributed by atoms with van der Waals surface area (Å²) >= 11 is 0. The van der Waals surface area contributed by atoms with Gasteiger partial charge in [-0.3, -0.25) is 4.90 Å². The van der Waals surface area contributed by atoms with E-state index in [-0.39, 0.29) is 5.56 Å². The van der Waals surface area contributed by atoms with Gasteiger partial charge in [0.25, 0.3) is 0 Å². The lowest BCUT2D eigenvalue weighted by molar-refractivity contribution is 0.174. The first kappa shape index (κ1) is 15.9. The molecule has 0 aromatic heterocycles. The van der Waals surface area contributed by atoms with E-state index in [1.165, 1.54) is 18.9 Å². The van der Waals surface area contributed by atoms with Crippen LogP contribution in [0.1, 0.15) is 37.8 Å². The molecule has 21 heavy (non-hydrogen) atoms. The molecule has 1 aromatic rings. The molecule has 0 unspecified atom stereocenters. The molecule has 1 aliphatic rings. The van der Waals surface area contributed by atoms with Gasteiger partial charge < -0.3 is 5.32 Å². The summed E-state index contributed by atoms with van der Waals surface area (Å²) < 4.78 is 13.3. The molecule has 0 amide bonds. The van der Waals surface area contributed by atoms with Gasteiger partial charge in [-0.25, -0.2) is 4.39 Å². The van der Waals surface area contributed by atoms with E-state index >= 15 is 0 Å². The lowest BCUT2D eigenvalue weighted by atomic mass is 9.96. The number of piperidine rings is 1. The van der Waals surface area contributed by atoms with Gasteiger partial charge in [0.2, 0.25) is 0 Å². The number of benzene rings is 1. The average molecular weight is 289 g/mol. The zero-order chi connectivity index (χ0) is 15.2. The summed E-state index contributed by atoms with van der Waals surface area (Å²) in [5, 5.41) is 12.4. The molecule has 1 aromatic carbocycles. The maximum Gasteiger partial charge on any atom is 0.140 e. The fourth-order valence-electron chi connectivity index (χ4n) is 2.77. The van der Waals surface area contributed by atoms with Crippen LogP contribution in [0.2, 0.25) is 0 Å². The number of hydrogen-bond acceptors (Lipinski definition) is 3. The fraction of sp³-hybridized carbons (Fsp3) is 0.588. The van der Waals surface area contributed by atoms with Crippen LogP contribution in [0, 0.1) is 23.1 Å². The van der Waals surface area contributed by atoms with Crippen molar-refractivity contribution in [3.63, 3.8) is 0 Å². The summed E-state index contributed by atoms with van der Waals surface area (Å²) in [6.07, 6.45) is 2.40. The van der Waals surface area contributed by atoms with Crippen molar-refractivity contribution in [3.8, 4) is 6.07 Å². The normalized spacial score (nSPS) is 17.1. The van der Waals surface area contributed by atoms with Crippen molar-refractivity contribution in [1.82, 2.24) is 10.2 Å². The van der Waals surface area contributed by atoms with Crippen LogP contribution in [0.3, 0.4) is 0 Å². The maximum absolute atomic E-state index is 13.3.